The summed E-state index contributed by atoms with van der Waals surface area (Å²) in [6, 6.07) is 68.5. The van der Waals surface area contributed by atoms with E-state index in [1.165, 1.54) is 5.46 Å². The van der Waals surface area contributed by atoms with E-state index in [1.807, 2.05) is 36.5 Å². The van der Waals surface area contributed by atoms with Crippen LogP contribution in [-0.2, 0) is 21.1 Å². The van der Waals surface area contributed by atoms with Crippen LogP contribution in [0.25, 0.3) is 49.9 Å². The summed E-state index contributed by atoms with van der Waals surface area (Å²) in [7, 11) is 2.17. The second-order valence-corrected chi connectivity index (χ2v) is 14.6. The van der Waals surface area contributed by atoms with Gasteiger partial charge in [-0.3, -0.25) is 0 Å². The number of hydrogen-bond donors (Lipinski definition) is 0. The van der Waals surface area contributed by atoms with E-state index in [1.54, 1.807) is 0 Å². The molecule has 11 rings (SSSR count). The fourth-order valence-corrected chi connectivity index (χ4v) is 8.59. The predicted molar refractivity (Wildman–Crippen MR) is 237 cm³/mol. The molecule has 0 bridgehead atoms. The number of hydrogen-bond acceptors (Lipinski definition) is 5. The zero-order valence-corrected chi connectivity index (χ0v) is 34.3. The number of para-hydroxylation sites is 2. The molecule has 6 nitrogen and oxygen atoms in total. The van der Waals surface area contributed by atoms with E-state index in [0.717, 1.165) is 72.5 Å². The number of benzene rings is 7. The molecule has 9 aromatic rings. The Bertz CT molecular complexity index is 2940. The van der Waals surface area contributed by atoms with Crippen molar-refractivity contribution in [3.8, 4) is 39.6 Å². The standard InChI is InChI=1S/C51H35BN5O.Pt/c1-54-50-34-55(51-41(36-16-5-2-6-17-36)23-15-24-42(51)37-18-7-3-8-19-37)35-56(50)48-33-40(28-30-45(48)52(54)38-20-9-4-10-21-38)58-39-27-29-44-43-22-11-12-25-46(43)57(47(44)32-39)49-26-13-14-31-53-49;/h2-31,34-35H,1H3;/q-3;. The summed E-state index contributed by atoms with van der Waals surface area (Å²) in [6.07, 6.45) is 4.06. The largest absolute Gasteiger partial charge is 0.509 e. The summed E-state index contributed by atoms with van der Waals surface area (Å²) >= 11 is 0. The molecule has 0 unspecified atom stereocenters. The molecule has 2 aromatic heterocycles. The Morgan fingerprint density at radius 1 is 0.610 bits per heavy atom. The van der Waals surface area contributed by atoms with Crippen molar-refractivity contribution in [3.63, 3.8) is 0 Å². The van der Waals surface area contributed by atoms with E-state index in [4.69, 9.17) is 9.72 Å². The van der Waals surface area contributed by atoms with Gasteiger partial charge < -0.3 is 23.9 Å². The van der Waals surface area contributed by atoms with Crippen molar-refractivity contribution in [3.05, 3.63) is 213 Å². The van der Waals surface area contributed by atoms with Gasteiger partial charge in [0, 0.05) is 67.3 Å². The van der Waals surface area contributed by atoms with Gasteiger partial charge in [-0.2, -0.15) is 12.1 Å². The number of aromatic nitrogens is 2. The number of anilines is 2. The summed E-state index contributed by atoms with van der Waals surface area (Å²) < 4.78 is 8.84. The molecule has 0 amide bonds. The average molecular weight is 940 g/mol. The van der Waals surface area contributed by atoms with Gasteiger partial charge in [0.2, 0.25) is 0 Å². The van der Waals surface area contributed by atoms with Crippen molar-refractivity contribution in [2.75, 3.05) is 16.8 Å². The SMILES string of the molecule is CN1B(c2ccccc2)c2ccc(Oc3[c-]c4c(cc3)c3ccccc3n4-c3ccccn3)[c-]c2N2[CH-]N(c3c(-c4ccccc4)cccc3-c3ccccc3)C=C12.[Pt]. The second-order valence-electron chi connectivity index (χ2n) is 14.6. The fourth-order valence-electron chi connectivity index (χ4n) is 8.59. The smallest absolute Gasteiger partial charge is 0.254 e. The maximum atomic E-state index is 6.69. The molecule has 7 aromatic carbocycles. The van der Waals surface area contributed by atoms with Crippen LogP contribution in [0.5, 0.6) is 11.5 Å². The van der Waals surface area contributed by atoms with Crippen LogP contribution in [0.4, 0.5) is 11.4 Å². The van der Waals surface area contributed by atoms with Crippen molar-refractivity contribution in [1.82, 2.24) is 14.4 Å². The van der Waals surface area contributed by atoms with Crippen LogP contribution in [0.3, 0.4) is 0 Å². The van der Waals surface area contributed by atoms with Gasteiger partial charge in [-0.15, -0.1) is 47.5 Å². The minimum absolute atomic E-state index is 0. The summed E-state index contributed by atoms with van der Waals surface area (Å²) in [5, 5.41) is 2.23. The quantitative estimate of drug-likeness (QED) is 0.118. The molecule has 0 spiro atoms. The monoisotopic (exact) mass is 939 g/mol. The van der Waals surface area contributed by atoms with Gasteiger partial charge in [-0.1, -0.05) is 144 Å². The number of fused-ring (bicyclic) bond motifs is 6. The molecular weight excluding hydrogens is 904 g/mol. The third-order valence-corrected chi connectivity index (χ3v) is 11.2. The Balaban J connectivity index is 0.00000420. The molecule has 2 aliphatic heterocycles. The minimum atomic E-state index is -0.0488. The zero-order chi connectivity index (χ0) is 38.6. The zero-order valence-electron chi connectivity index (χ0n) is 32.0. The number of ether oxygens (including phenoxy) is 1. The van der Waals surface area contributed by atoms with Gasteiger partial charge in [0.05, 0.1) is 5.82 Å². The Hall–Kier alpha value is -6.82. The molecule has 0 atom stereocenters. The molecule has 0 aliphatic carbocycles. The molecule has 2 aliphatic rings. The molecule has 0 saturated heterocycles. The molecule has 0 saturated carbocycles. The van der Waals surface area contributed by atoms with Crippen molar-refractivity contribution in [2.45, 2.75) is 0 Å². The number of nitrogens with zero attached hydrogens (tertiary/aromatic N) is 5. The van der Waals surface area contributed by atoms with Crippen LogP contribution < -0.4 is 25.5 Å². The van der Waals surface area contributed by atoms with Crippen LogP contribution in [0.1, 0.15) is 0 Å². The van der Waals surface area contributed by atoms with Crippen LogP contribution in [0.2, 0.25) is 0 Å². The van der Waals surface area contributed by atoms with Crippen LogP contribution in [0.15, 0.2) is 194 Å². The molecule has 0 radical (unpaired) electrons. The molecule has 4 heterocycles. The topological polar surface area (TPSA) is 36.8 Å². The Morgan fingerprint density at radius 3 is 1.97 bits per heavy atom. The van der Waals surface area contributed by atoms with Crippen LogP contribution in [0, 0.1) is 18.8 Å². The van der Waals surface area contributed by atoms with E-state index in [9.17, 15) is 0 Å². The number of pyridine rings is 1. The Morgan fingerprint density at radius 2 is 1.25 bits per heavy atom. The summed E-state index contributed by atoms with van der Waals surface area (Å²) in [5.74, 6) is 3.07. The summed E-state index contributed by atoms with van der Waals surface area (Å²) in [6.45, 7) is 2.14. The minimum Gasteiger partial charge on any atom is -0.509 e. The normalized spacial score (nSPS) is 13.3. The first-order chi connectivity index (χ1) is 28.7. The van der Waals surface area contributed by atoms with Gasteiger partial charge in [0.1, 0.15) is 5.82 Å². The van der Waals surface area contributed by atoms with Crippen molar-refractivity contribution >= 4 is 51.0 Å². The third kappa shape index (κ3) is 6.30. The van der Waals surface area contributed by atoms with E-state index in [0.29, 0.717) is 11.5 Å². The molecule has 286 valence electrons. The van der Waals surface area contributed by atoms with Crippen molar-refractivity contribution in [1.29, 1.82) is 0 Å². The molecule has 0 N–H and O–H groups in total. The number of rotatable bonds is 7. The van der Waals surface area contributed by atoms with Gasteiger partial charge in [0.15, 0.2) is 0 Å². The van der Waals surface area contributed by atoms with Gasteiger partial charge in [-0.25, -0.2) is 4.98 Å². The first-order valence-corrected chi connectivity index (χ1v) is 19.5. The maximum Gasteiger partial charge on any atom is 0.254 e. The van der Waals surface area contributed by atoms with E-state index < -0.39 is 0 Å². The van der Waals surface area contributed by atoms with Gasteiger partial charge in [0.25, 0.3) is 6.85 Å². The van der Waals surface area contributed by atoms with E-state index in [-0.39, 0.29) is 27.9 Å². The Labute approximate surface area is 358 Å². The molecule has 8 heteroatoms. The van der Waals surface area contributed by atoms with Crippen LogP contribution >= 0.6 is 0 Å². The van der Waals surface area contributed by atoms with Gasteiger partial charge >= 0.3 is 0 Å². The molecule has 59 heavy (non-hydrogen) atoms. The first-order valence-electron chi connectivity index (χ1n) is 19.5. The average Bonchev–Trinajstić information content (AvgIpc) is 3.88. The van der Waals surface area contributed by atoms with E-state index >= 15 is 0 Å². The molecular formula is C51H35BN5OPt-3. The second kappa shape index (κ2) is 15.2. The van der Waals surface area contributed by atoms with Crippen molar-refractivity contribution in [2.24, 2.45) is 0 Å². The van der Waals surface area contributed by atoms with E-state index in [2.05, 4.69) is 197 Å². The fraction of sp³-hybridized carbons (Fsp3) is 0.0196. The van der Waals surface area contributed by atoms with Crippen molar-refractivity contribution < 1.29 is 25.8 Å². The maximum absolute atomic E-state index is 6.69. The first kappa shape index (κ1) is 36.5. The summed E-state index contributed by atoms with van der Waals surface area (Å²) in [5.41, 5.74) is 10.9. The Kier molecular flexibility index (Phi) is 9.39. The predicted octanol–water partition coefficient (Wildman–Crippen LogP) is 10.2. The van der Waals surface area contributed by atoms with Gasteiger partial charge in [-0.05, 0) is 41.8 Å². The van der Waals surface area contributed by atoms with Crippen LogP contribution in [-0.4, -0.2) is 28.3 Å². The summed E-state index contributed by atoms with van der Waals surface area (Å²) in [4.78, 5) is 11.6. The molecule has 0 fully saturated rings. The third-order valence-electron chi connectivity index (χ3n) is 11.2.